The molecule has 1 spiro atoms. The van der Waals surface area contributed by atoms with Crippen molar-refractivity contribution < 1.29 is 23.1 Å². The van der Waals surface area contributed by atoms with E-state index in [0.29, 0.717) is 31.9 Å². The van der Waals surface area contributed by atoms with Crippen LogP contribution in [0.4, 0.5) is 18.9 Å². The van der Waals surface area contributed by atoms with Gasteiger partial charge < -0.3 is 14.9 Å². The van der Waals surface area contributed by atoms with Gasteiger partial charge in [-0.05, 0) is 49.3 Å². The van der Waals surface area contributed by atoms with Crippen LogP contribution in [0.5, 0.6) is 0 Å². The first-order valence-corrected chi connectivity index (χ1v) is 10.0. The zero-order chi connectivity index (χ0) is 20.8. The molecule has 0 bridgehead atoms. The van der Waals surface area contributed by atoms with Crippen molar-refractivity contribution in [1.29, 1.82) is 5.26 Å². The van der Waals surface area contributed by atoms with E-state index in [-0.39, 0.29) is 35.3 Å². The molecule has 3 aliphatic rings. The number of nitrogens with zero attached hydrogens (tertiary/aromatic N) is 3. The standard InChI is InChI=1S/C21H24F3N3O2/c22-21(23,24)18-9-17(4-3-15(18)10-25)27-11-16(12-28)20(13-27)5-7-26(8-6-20)19(29)14-1-2-14/h3-4,9,14,16,28H,1-2,5-8,11-13H2. The SMILES string of the molecule is N#Cc1ccc(N2CC(CO)C3(CCN(C(=O)C4CC4)CC3)C2)cc1C(F)(F)F. The Bertz CT molecular complexity index is 837. The quantitative estimate of drug-likeness (QED) is 0.837. The lowest BCUT2D eigenvalue weighted by molar-refractivity contribution is -0.138. The highest BCUT2D eigenvalue weighted by Gasteiger charge is 2.49. The zero-order valence-electron chi connectivity index (χ0n) is 16.1. The minimum Gasteiger partial charge on any atom is -0.396 e. The lowest BCUT2D eigenvalue weighted by Gasteiger charge is -2.42. The van der Waals surface area contributed by atoms with Gasteiger partial charge in [-0.3, -0.25) is 4.79 Å². The van der Waals surface area contributed by atoms with Crippen molar-refractivity contribution in [3.8, 4) is 6.07 Å². The summed E-state index contributed by atoms with van der Waals surface area (Å²) in [6, 6.07) is 5.41. The number of carbonyl (C=O) groups excluding carboxylic acids is 1. The van der Waals surface area contributed by atoms with Gasteiger partial charge in [-0.1, -0.05) is 0 Å². The van der Waals surface area contributed by atoms with E-state index in [1.54, 1.807) is 12.1 Å². The summed E-state index contributed by atoms with van der Waals surface area (Å²) in [5, 5.41) is 19.0. The smallest absolute Gasteiger partial charge is 0.396 e. The summed E-state index contributed by atoms with van der Waals surface area (Å²) in [5.74, 6) is 0.347. The number of hydrogen-bond acceptors (Lipinski definition) is 4. The van der Waals surface area contributed by atoms with Crippen LogP contribution in [0, 0.1) is 28.6 Å². The lowest BCUT2D eigenvalue weighted by Crippen LogP contribution is -2.47. The van der Waals surface area contributed by atoms with Gasteiger partial charge in [0, 0.05) is 50.3 Å². The van der Waals surface area contributed by atoms with E-state index in [1.165, 1.54) is 6.07 Å². The van der Waals surface area contributed by atoms with E-state index < -0.39 is 11.7 Å². The molecule has 2 saturated heterocycles. The van der Waals surface area contributed by atoms with Crippen molar-refractivity contribution in [1.82, 2.24) is 4.90 Å². The van der Waals surface area contributed by atoms with Crippen molar-refractivity contribution >= 4 is 11.6 Å². The summed E-state index contributed by atoms with van der Waals surface area (Å²) >= 11 is 0. The molecule has 0 aromatic heterocycles. The van der Waals surface area contributed by atoms with Gasteiger partial charge in [0.1, 0.15) is 0 Å². The Kier molecular flexibility index (Phi) is 4.97. The number of anilines is 1. The Balaban J connectivity index is 1.53. The van der Waals surface area contributed by atoms with Crippen molar-refractivity contribution in [3.05, 3.63) is 29.3 Å². The minimum atomic E-state index is -4.59. The number of aliphatic hydroxyl groups is 1. The number of rotatable bonds is 3. The molecule has 2 heterocycles. The first kappa shape index (κ1) is 20.0. The van der Waals surface area contributed by atoms with Crippen molar-refractivity contribution in [2.75, 3.05) is 37.7 Å². The Labute approximate surface area is 167 Å². The van der Waals surface area contributed by atoms with E-state index in [1.807, 2.05) is 9.80 Å². The molecule has 1 N–H and O–H groups in total. The molecule has 1 aromatic rings. The maximum Gasteiger partial charge on any atom is 0.417 e. The number of carbonyl (C=O) groups is 1. The fraction of sp³-hybridized carbons (Fsp3) is 0.619. The molecule has 2 aliphatic heterocycles. The van der Waals surface area contributed by atoms with Gasteiger partial charge in [0.05, 0.1) is 17.2 Å². The van der Waals surface area contributed by atoms with Gasteiger partial charge in [0.2, 0.25) is 5.91 Å². The van der Waals surface area contributed by atoms with Crippen LogP contribution < -0.4 is 4.90 Å². The van der Waals surface area contributed by atoms with Crippen molar-refractivity contribution in [2.24, 2.45) is 17.3 Å². The molecule has 1 atom stereocenters. The Morgan fingerprint density at radius 1 is 1.28 bits per heavy atom. The number of nitriles is 1. The van der Waals surface area contributed by atoms with Crippen LogP contribution in [0.15, 0.2) is 18.2 Å². The molecule has 0 radical (unpaired) electrons. The van der Waals surface area contributed by atoms with Crippen LogP contribution in [0.2, 0.25) is 0 Å². The molecule has 1 saturated carbocycles. The molecular weight excluding hydrogens is 383 g/mol. The minimum absolute atomic E-state index is 0.0323. The highest BCUT2D eigenvalue weighted by atomic mass is 19.4. The molecule has 3 fully saturated rings. The second kappa shape index (κ2) is 7.21. The maximum absolute atomic E-state index is 13.3. The van der Waals surface area contributed by atoms with Crippen LogP contribution in [0.1, 0.15) is 36.8 Å². The molecular formula is C21H24F3N3O2. The second-order valence-corrected chi connectivity index (χ2v) is 8.56. The van der Waals surface area contributed by atoms with Gasteiger partial charge >= 0.3 is 6.18 Å². The molecule has 8 heteroatoms. The number of piperidine rings is 1. The summed E-state index contributed by atoms with van der Waals surface area (Å²) in [4.78, 5) is 16.1. The molecule has 1 amide bonds. The highest BCUT2D eigenvalue weighted by molar-refractivity contribution is 5.81. The molecule has 1 aromatic carbocycles. The van der Waals surface area contributed by atoms with Crippen molar-refractivity contribution in [2.45, 2.75) is 31.9 Å². The van der Waals surface area contributed by atoms with E-state index >= 15 is 0 Å². The molecule has 29 heavy (non-hydrogen) atoms. The van der Waals surface area contributed by atoms with Gasteiger partial charge in [-0.15, -0.1) is 0 Å². The van der Waals surface area contributed by atoms with Crippen LogP contribution >= 0.6 is 0 Å². The number of likely N-dealkylation sites (tertiary alicyclic amines) is 1. The Hall–Kier alpha value is -2.27. The maximum atomic E-state index is 13.3. The van der Waals surface area contributed by atoms with Gasteiger partial charge in [-0.2, -0.15) is 18.4 Å². The summed E-state index contributed by atoms with van der Waals surface area (Å²) in [6.45, 7) is 2.26. The van der Waals surface area contributed by atoms with Crippen LogP contribution in [0.25, 0.3) is 0 Å². The summed E-state index contributed by atoms with van der Waals surface area (Å²) < 4.78 is 40.0. The summed E-state index contributed by atoms with van der Waals surface area (Å²) in [5.41, 5.74) is -1.10. The van der Waals surface area contributed by atoms with E-state index in [2.05, 4.69) is 0 Å². The van der Waals surface area contributed by atoms with Gasteiger partial charge in [-0.25, -0.2) is 0 Å². The highest BCUT2D eigenvalue weighted by Crippen LogP contribution is 2.47. The number of hydrogen-bond donors (Lipinski definition) is 1. The number of halogens is 3. The average Bonchev–Trinajstić information content (AvgIpc) is 3.50. The molecule has 1 aliphatic carbocycles. The molecule has 4 rings (SSSR count). The second-order valence-electron chi connectivity index (χ2n) is 8.56. The largest absolute Gasteiger partial charge is 0.417 e. The van der Waals surface area contributed by atoms with Crippen LogP contribution in [0.3, 0.4) is 0 Å². The van der Waals surface area contributed by atoms with Crippen LogP contribution in [-0.4, -0.2) is 48.7 Å². The lowest BCUT2D eigenvalue weighted by atomic mass is 9.71. The third kappa shape index (κ3) is 3.68. The molecule has 1 unspecified atom stereocenters. The Morgan fingerprint density at radius 2 is 1.97 bits per heavy atom. The monoisotopic (exact) mass is 407 g/mol. The zero-order valence-corrected chi connectivity index (χ0v) is 16.1. The van der Waals surface area contributed by atoms with Gasteiger partial charge in [0.25, 0.3) is 0 Å². The number of benzene rings is 1. The topological polar surface area (TPSA) is 67.6 Å². The third-order valence-electron chi connectivity index (χ3n) is 6.82. The first-order chi connectivity index (χ1) is 13.8. The fourth-order valence-electron chi connectivity index (χ4n) is 4.87. The predicted molar refractivity (Wildman–Crippen MR) is 99.9 cm³/mol. The Morgan fingerprint density at radius 3 is 2.52 bits per heavy atom. The predicted octanol–water partition coefficient (Wildman–Crippen LogP) is 3.02. The van der Waals surface area contributed by atoms with E-state index in [4.69, 9.17) is 5.26 Å². The summed E-state index contributed by atoms with van der Waals surface area (Å²) in [7, 11) is 0. The fourth-order valence-corrected chi connectivity index (χ4v) is 4.87. The first-order valence-electron chi connectivity index (χ1n) is 10.0. The average molecular weight is 407 g/mol. The number of amides is 1. The van der Waals surface area contributed by atoms with Crippen LogP contribution in [-0.2, 0) is 11.0 Å². The number of aliphatic hydroxyl groups excluding tert-OH is 1. The molecule has 5 nitrogen and oxygen atoms in total. The van der Waals surface area contributed by atoms with Gasteiger partial charge in [0.15, 0.2) is 0 Å². The normalized spacial score (nSPS) is 24.0. The van der Waals surface area contributed by atoms with E-state index in [9.17, 15) is 23.1 Å². The van der Waals surface area contributed by atoms with E-state index in [0.717, 1.165) is 31.7 Å². The third-order valence-corrected chi connectivity index (χ3v) is 6.82. The van der Waals surface area contributed by atoms with Crippen molar-refractivity contribution in [3.63, 3.8) is 0 Å². The number of alkyl halides is 3. The molecule has 156 valence electrons. The summed E-state index contributed by atoms with van der Waals surface area (Å²) in [6.07, 6.45) is -1.17.